The Hall–Kier alpha value is -2.21. The fourth-order valence-corrected chi connectivity index (χ4v) is 4.78. The van der Waals surface area contributed by atoms with Gasteiger partial charge in [-0.2, -0.15) is 5.10 Å². The molecular formula is C22H29FN4O. The Balaban J connectivity index is 1.38. The molecule has 3 saturated heterocycles. The number of hydrogen-bond acceptors (Lipinski definition) is 3. The van der Waals surface area contributed by atoms with Gasteiger partial charge in [0.2, 0.25) is 5.91 Å². The summed E-state index contributed by atoms with van der Waals surface area (Å²) in [5.41, 5.74) is 4.36. The zero-order valence-corrected chi connectivity index (χ0v) is 16.7. The molecule has 3 aliphatic rings. The van der Waals surface area contributed by atoms with E-state index in [-0.39, 0.29) is 11.7 Å². The highest BCUT2D eigenvalue weighted by molar-refractivity contribution is 5.77. The van der Waals surface area contributed by atoms with E-state index < -0.39 is 0 Å². The zero-order valence-electron chi connectivity index (χ0n) is 16.7. The van der Waals surface area contributed by atoms with Crippen LogP contribution in [0, 0.1) is 25.6 Å². The highest BCUT2D eigenvalue weighted by atomic mass is 19.1. The van der Waals surface area contributed by atoms with Gasteiger partial charge in [-0.1, -0.05) is 12.1 Å². The summed E-state index contributed by atoms with van der Waals surface area (Å²) in [6, 6.07) is 7.06. The number of carbonyl (C=O) groups excluding carboxylic acids is 1. The number of H-pyrrole nitrogens is 1. The van der Waals surface area contributed by atoms with Crippen LogP contribution in [0.5, 0.6) is 0 Å². The number of aromatic nitrogens is 2. The van der Waals surface area contributed by atoms with Crippen LogP contribution in [0.2, 0.25) is 0 Å². The monoisotopic (exact) mass is 384 g/mol. The number of fused-ring (bicyclic) bond motifs is 4. The van der Waals surface area contributed by atoms with E-state index >= 15 is 0 Å². The minimum atomic E-state index is -0.195. The number of rotatable bonds is 5. The molecule has 5 rings (SSSR count). The van der Waals surface area contributed by atoms with E-state index in [0.717, 1.165) is 56.0 Å². The number of amides is 1. The first kappa shape index (κ1) is 19.1. The summed E-state index contributed by atoms with van der Waals surface area (Å²) in [6.07, 6.45) is 3.57. The lowest BCUT2D eigenvalue weighted by Gasteiger charge is -2.36. The summed E-state index contributed by atoms with van der Waals surface area (Å²) in [5.74, 6) is 0.596. The quantitative estimate of drug-likeness (QED) is 0.861. The van der Waals surface area contributed by atoms with Crippen molar-refractivity contribution in [1.82, 2.24) is 20.0 Å². The molecule has 1 aromatic carbocycles. The van der Waals surface area contributed by atoms with Gasteiger partial charge in [0, 0.05) is 44.3 Å². The molecule has 1 amide bonds. The molecule has 0 saturated carbocycles. The van der Waals surface area contributed by atoms with Crippen LogP contribution in [0.25, 0.3) is 0 Å². The summed E-state index contributed by atoms with van der Waals surface area (Å²) in [7, 11) is 0. The van der Waals surface area contributed by atoms with Crippen molar-refractivity contribution in [2.75, 3.05) is 19.6 Å². The van der Waals surface area contributed by atoms with Gasteiger partial charge >= 0.3 is 0 Å². The van der Waals surface area contributed by atoms with Crippen molar-refractivity contribution < 1.29 is 9.18 Å². The molecule has 0 spiro atoms. The standard InChI is InChI=1S/C22H29FN4O/c1-15-21(16(2)25-24-15)9-10-22(28)27-13-18-5-8-20(27)14-26(12-18)11-17-3-6-19(23)7-4-17/h3-4,6-7,18,20H,5,8-14H2,1-2H3,(H,24,25)/t18-,20+/m0/s1. The molecule has 2 aromatic rings. The number of aryl methyl sites for hydroxylation is 2. The van der Waals surface area contributed by atoms with E-state index in [4.69, 9.17) is 0 Å². The van der Waals surface area contributed by atoms with E-state index in [1.54, 1.807) is 0 Å². The highest BCUT2D eigenvalue weighted by Crippen LogP contribution is 2.29. The molecule has 5 nitrogen and oxygen atoms in total. The van der Waals surface area contributed by atoms with Gasteiger partial charge in [0.05, 0.1) is 5.69 Å². The smallest absolute Gasteiger partial charge is 0.223 e. The zero-order chi connectivity index (χ0) is 19.7. The maximum Gasteiger partial charge on any atom is 0.223 e. The molecular weight excluding hydrogens is 355 g/mol. The Morgan fingerprint density at radius 1 is 1.18 bits per heavy atom. The third kappa shape index (κ3) is 4.12. The van der Waals surface area contributed by atoms with E-state index in [1.165, 1.54) is 24.1 Å². The van der Waals surface area contributed by atoms with E-state index in [1.807, 2.05) is 26.0 Å². The largest absolute Gasteiger partial charge is 0.338 e. The Morgan fingerprint density at radius 3 is 2.68 bits per heavy atom. The molecule has 0 aliphatic carbocycles. The maximum atomic E-state index is 13.2. The third-order valence-electron chi connectivity index (χ3n) is 6.30. The molecule has 2 atom stereocenters. The minimum Gasteiger partial charge on any atom is -0.338 e. The van der Waals surface area contributed by atoms with Crippen molar-refractivity contribution in [3.05, 3.63) is 52.6 Å². The predicted molar refractivity (Wildman–Crippen MR) is 106 cm³/mol. The SMILES string of the molecule is Cc1n[nH]c(C)c1CCC(=O)N1C[C@H]2CC[C@@H]1CN(Cc1ccc(F)cc1)C2. The van der Waals surface area contributed by atoms with E-state index in [0.29, 0.717) is 18.4 Å². The molecule has 3 aliphatic heterocycles. The van der Waals surface area contributed by atoms with Crippen LogP contribution in [0.3, 0.4) is 0 Å². The summed E-state index contributed by atoms with van der Waals surface area (Å²) < 4.78 is 13.2. The number of nitrogens with zero attached hydrogens (tertiary/aromatic N) is 3. The first-order valence-electron chi connectivity index (χ1n) is 10.3. The number of piperidine rings is 1. The van der Waals surface area contributed by atoms with Gasteiger partial charge < -0.3 is 4.90 Å². The lowest BCUT2D eigenvalue weighted by molar-refractivity contribution is -0.135. The molecule has 4 heterocycles. The summed E-state index contributed by atoms with van der Waals surface area (Å²) in [4.78, 5) is 17.6. The van der Waals surface area contributed by atoms with E-state index in [9.17, 15) is 9.18 Å². The van der Waals surface area contributed by atoms with Crippen molar-refractivity contribution in [2.45, 2.75) is 52.1 Å². The van der Waals surface area contributed by atoms with Crippen LogP contribution in [-0.2, 0) is 17.8 Å². The number of benzene rings is 1. The molecule has 1 aromatic heterocycles. The second kappa shape index (κ2) is 8.03. The highest BCUT2D eigenvalue weighted by Gasteiger charge is 2.36. The topological polar surface area (TPSA) is 52.2 Å². The predicted octanol–water partition coefficient (Wildman–Crippen LogP) is 3.22. The average Bonchev–Trinajstić information content (AvgIpc) is 2.85. The molecule has 0 radical (unpaired) electrons. The lowest BCUT2D eigenvalue weighted by Crippen LogP contribution is -2.47. The second-order valence-corrected chi connectivity index (χ2v) is 8.38. The van der Waals surface area contributed by atoms with Gasteiger partial charge in [0.1, 0.15) is 5.82 Å². The average molecular weight is 384 g/mol. The number of carbonyl (C=O) groups is 1. The van der Waals surface area contributed by atoms with Gasteiger partial charge in [-0.05, 0) is 62.3 Å². The Bertz CT molecular complexity index is 812. The van der Waals surface area contributed by atoms with Crippen LogP contribution >= 0.6 is 0 Å². The van der Waals surface area contributed by atoms with Crippen molar-refractivity contribution in [2.24, 2.45) is 5.92 Å². The third-order valence-corrected chi connectivity index (χ3v) is 6.30. The molecule has 0 unspecified atom stereocenters. The van der Waals surface area contributed by atoms with Crippen LogP contribution < -0.4 is 0 Å². The van der Waals surface area contributed by atoms with Gasteiger partial charge in [0.15, 0.2) is 0 Å². The van der Waals surface area contributed by atoms with Gasteiger partial charge in [-0.15, -0.1) is 0 Å². The Kier molecular flexibility index (Phi) is 5.49. The summed E-state index contributed by atoms with van der Waals surface area (Å²) >= 11 is 0. The van der Waals surface area contributed by atoms with Crippen molar-refractivity contribution in [1.29, 1.82) is 0 Å². The molecule has 150 valence electrons. The number of hydrogen-bond donors (Lipinski definition) is 1. The van der Waals surface area contributed by atoms with Crippen molar-refractivity contribution in [3.8, 4) is 0 Å². The first-order chi connectivity index (χ1) is 13.5. The van der Waals surface area contributed by atoms with Crippen LogP contribution in [-0.4, -0.2) is 51.6 Å². The van der Waals surface area contributed by atoms with Crippen LogP contribution in [0.1, 0.15) is 41.8 Å². The maximum absolute atomic E-state index is 13.2. The van der Waals surface area contributed by atoms with Gasteiger partial charge in [-0.3, -0.25) is 14.8 Å². The minimum absolute atomic E-state index is 0.195. The van der Waals surface area contributed by atoms with E-state index in [2.05, 4.69) is 20.0 Å². The van der Waals surface area contributed by atoms with Gasteiger partial charge in [0.25, 0.3) is 0 Å². The van der Waals surface area contributed by atoms with Crippen LogP contribution in [0.15, 0.2) is 24.3 Å². The molecule has 1 N–H and O–H groups in total. The normalized spacial score (nSPS) is 22.5. The molecule has 6 heteroatoms. The fourth-order valence-electron chi connectivity index (χ4n) is 4.78. The molecule has 28 heavy (non-hydrogen) atoms. The van der Waals surface area contributed by atoms with Crippen molar-refractivity contribution >= 4 is 5.91 Å². The molecule has 2 bridgehead atoms. The first-order valence-corrected chi connectivity index (χ1v) is 10.3. The summed E-state index contributed by atoms with van der Waals surface area (Å²) in [5, 5.41) is 7.24. The number of aromatic amines is 1. The molecule has 3 fully saturated rings. The van der Waals surface area contributed by atoms with Crippen LogP contribution in [0.4, 0.5) is 4.39 Å². The van der Waals surface area contributed by atoms with Crippen molar-refractivity contribution in [3.63, 3.8) is 0 Å². The van der Waals surface area contributed by atoms with Gasteiger partial charge in [-0.25, -0.2) is 4.39 Å². The fraction of sp³-hybridized carbons (Fsp3) is 0.545. The number of nitrogens with one attached hydrogen (secondary N) is 1. The second-order valence-electron chi connectivity index (χ2n) is 8.38. The lowest BCUT2D eigenvalue weighted by atomic mass is 9.94. The summed E-state index contributed by atoms with van der Waals surface area (Å²) in [6.45, 7) is 7.61. The number of halogens is 1. The Morgan fingerprint density at radius 2 is 1.96 bits per heavy atom. The Labute approximate surface area is 165 Å².